The zero-order chi connectivity index (χ0) is 16.2. The van der Waals surface area contributed by atoms with Crippen LogP contribution in [0.25, 0.3) is 6.08 Å². The molecule has 1 fully saturated rings. The summed E-state index contributed by atoms with van der Waals surface area (Å²) < 4.78 is 0. The van der Waals surface area contributed by atoms with Crippen LogP contribution in [-0.2, 0) is 11.2 Å². The monoisotopic (exact) mass is 324 g/mol. The van der Waals surface area contributed by atoms with Gasteiger partial charge < -0.3 is 10.6 Å². The lowest BCUT2D eigenvalue weighted by Crippen LogP contribution is -2.30. The summed E-state index contributed by atoms with van der Waals surface area (Å²) in [6, 6.07) is 16.4. The van der Waals surface area contributed by atoms with Gasteiger partial charge in [-0.15, -0.1) is 0 Å². The van der Waals surface area contributed by atoms with Crippen LogP contribution >= 0.6 is 11.8 Å². The quantitative estimate of drug-likeness (QED) is 0.830. The number of carbonyl (C=O) groups is 1. The van der Waals surface area contributed by atoms with Crippen molar-refractivity contribution >= 4 is 29.4 Å². The number of nitrogens with one attached hydrogen (secondary N) is 2. The van der Waals surface area contributed by atoms with E-state index in [1.165, 1.54) is 22.9 Å². The van der Waals surface area contributed by atoms with E-state index in [-0.39, 0.29) is 11.4 Å². The molecule has 118 valence electrons. The molecule has 0 unspecified atom stereocenters. The van der Waals surface area contributed by atoms with Crippen molar-refractivity contribution < 1.29 is 4.79 Å². The molecule has 3 nitrogen and oxygen atoms in total. The summed E-state index contributed by atoms with van der Waals surface area (Å²) in [6.45, 7) is 4.19. The van der Waals surface area contributed by atoms with E-state index in [1.807, 2.05) is 24.3 Å². The number of anilines is 1. The molecule has 2 N–H and O–H groups in total. The Hall–Kier alpha value is -2.20. The normalized spacial score (nSPS) is 19.0. The summed E-state index contributed by atoms with van der Waals surface area (Å²) in [6.07, 6.45) is 2.98. The van der Waals surface area contributed by atoms with Crippen molar-refractivity contribution in [1.82, 2.24) is 5.32 Å². The van der Waals surface area contributed by atoms with Gasteiger partial charge >= 0.3 is 0 Å². The minimum atomic E-state index is -0.134. The molecule has 1 aliphatic rings. The number of hydrogen-bond acceptors (Lipinski definition) is 3. The van der Waals surface area contributed by atoms with Crippen LogP contribution < -0.4 is 10.6 Å². The smallest absolute Gasteiger partial charge is 0.260 e. The molecular formula is C19H20N2OS. The van der Waals surface area contributed by atoms with Gasteiger partial charge in [0.1, 0.15) is 0 Å². The van der Waals surface area contributed by atoms with Crippen molar-refractivity contribution in [1.29, 1.82) is 0 Å². The van der Waals surface area contributed by atoms with E-state index in [2.05, 4.69) is 54.8 Å². The highest BCUT2D eigenvalue weighted by molar-refractivity contribution is 8.05. The number of rotatable bonds is 4. The van der Waals surface area contributed by atoms with Gasteiger partial charge in [-0.1, -0.05) is 55.1 Å². The lowest BCUT2D eigenvalue weighted by atomic mass is 10.1. The molecule has 0 aliphatic carbocycles. The van der Waals surface area contributed by atoms with Crippen LogP contribution in [0.15, 0.2) is 53.4 Å². The van der Waals surface area contributed by atoms with Gasteiger partial charge in [0.25, 0.3) is 5.91 Å². The molecule has 3 rings (SSSR count). The number of benzene rings is 2. The van der Waals surface area contributed by atoms with Gasteiger partial charge in [0.05, 0.1) is 4.91 Å². The molecule has 1 heterocycles. The summed E-state index contributed by atoms with van der Waals surface area (Å²) in [5, 5.41) is 6.31. The van der Waals surface area contributed by atoms with E-state index in [1.54, 1.807) is 0 Å². The molecule has 0 aromatic heterocycles. The first kappa shape index (κ1) is 15.7. The Labute approximate surface area is 141 Å². The van der Waals surface area contributed by atoms with Gasteiger partial charge in [-0.05, 0) is 48.2 Å². The molecule has 2 aromatic carbocycles. The molecule has 4 heteroatoms. The second-order valence-electron chi connectivity index (χ2n) is 5.53. The van der Waals surface area contributed by atoms with Crippen molar-refractivity contribution in [2.75, 3.05) is 5.32 Å². The fourth-order valence-electron chi connectivity index (χ4n) is 2.44. The van der Waals surface area contributed by atoms with Crippen LogP contribution in [0.5, 0.6) is 0 Å². The highest BCUT2D eigenvalue weighted by atomic mass is 32.2. The standard InChI is InChI=1S/C19H20N2OS/c1-3-14-8-10-16(11-9-14)20-19-21-18(22)17(23-19)12-15-7-5-4-6-13(15)2/h4-12,19-20H,3H2,1-2H3,(H,21,22)/b17-12-/t19-/m0/s1. The maximum Gasteiger partial charge on any atom is 0.260 e. The van der Waals surface area contributed by atoms with Crippen molar-refractivity contribution in [3.05, 3.63) is 70.1 Å². The molecule has 0 radical (unpaired) electrons. The van der Waals surface area contributed by atoms with Crippen LogP contribution in [0, 0.1) is 6.92 Å². The van der Waals surface area contributed by atoms with Crippen LogP contribution in [0.4, 0.5) is 5.69 Å². The van der Waals surface area contributed by atoms with Gasteiger partial charge in [-0.3, -0.25) is 4.79 Å². The lowest BCUT2D eigenvalue weighted by Gasteiger charge is -2.12. The lowest BCUT2D eigenvalue weighted by molar-refractivity contribution is -0.116. The van der Waals surface area contributed by atoms with Crippen LogP contribution in [0.2, 0.25) is 0 Å². The molecule has 0 saturated carbocycles. The molecule has 0 bridgehead atoms. The Kier molecular flexibility index (Phi) is 4.72. The average molecular weight is 324 g/mol. The molecule has 1 atom stereocenters. The first-order valence-corrected chi connectivity index (χ1v) is 8.64. The predicted octanol–water partition coefficient (Wildman–Crippen LogP) is 4.16. The number of amides is 1. The van der Waals surface area contributed by atoms with Gasteiger partial charge in [-0.25, -0.2) is 0 Å². The summed E-state index contributed by atoms with van der Waals surface area (Å²) >= 11 is 1.52. The van der Waals surface area contributed by atoms with Gasteiger partial charge in [0, 0.05) is 5.69 Å². The third kappa shape index (κ3) is 3.77. The molecule has 23 heavy (non-hydrogen) atoms. The van der Waals surface area contributed by atoms with Gasteiger partial charge in [0.2, 0.25) is 0 Å². The maximum atomic E-state index is 12.2. The summed E-state index contributed by atoms with van der Waals surface area (Å²) in [4.78, 5) is 12.9. The second-order valence-corrected chi connectivity index (χ2v) is 6.68. The molecular weight excluding hydrogens is 304 g/mol. The maximum absolute atomic E-state index is 12.2. The van der Waals surface area contributed by atoms with Crippen LogP contribution in [0.1, 0.15) is 23.6 Å². The summed E-state index contributed by atoms with van der Waals surface area (Å²) in [5.41, 5.74) is 4.43. The van der Waals surface area contributed by atoms with Crippen molar-refractivity contribution in [2.24, 2.45) is 0 Å². The summed E-state index contributed by atoms with van der Waals surface area (Å²) in [7, 11) is 0. The van der Waals surface area contributed by atoms with E-state index < -0.39 is 0 Å². The Morgan fingerprint density at radius 3 is 2.61 bits per heavy atom. The fraction of sp³-hybridized carbons (Fsp3) is 0.211. The van der Waals surface area contributed by atoms with Crippen LogP contribution in [0.3, 0.4) is 0 Å². The number of aryl methyl sites for hydroxylation is 2. The predicted molar refractivity (Wildman–Crippen MR) is 98.1 cm³/mol. The fourth-order valence-corrected chi connectivity index (χ4v) is 3.42. The minimum absolute atomic E-state index is 0.0269. The first-order chi connectivity index (χ1) is 11.2. The van der Waals surface area contributed by atoms with Crippen molar-refractivity contribution in [3.8, 4) is 0 Å². The highest BCUT2D eigenvalue weighted by Gasteiger charge is 2.27. The zero-order valence-corrected chi connectivity index (χ0v) is 14.1. The molecule has 1 saturated heterocycles. The third-order valence-electron chi connectivity index (χ3n) is 3.87. The minimum Gasteiger partial charge on any atom is -0.357 e. The number of hydrogen-bond donors (Lipinski definition) is 2. The van der Waals surface area contributed by atoms with E-state index in [0.717, 1.165) is 22.6 Å². The second kappa shape index (κ2) is 6.92. The molecule has 0 spiro atoms. The largest absolute Gasteiger partial charge is 0.357 e. The molecule has 1 amide bonds. The molecule has 1 aliphatic heterocycles. The number of carbonyl (C=O) groups excluding carboxylic acids is 1. The first-order valence-electron chi connectivity index (χ1n) is 7.76. The zero-order valence-electron chi connectivity index (χ0n) is 13.3. The topological polar surface area (TPSA) is 41.1 Å². The van der Waals surface area contributed by atoms with Crippen molar-refractivity contribution in [3.63, 3.8) is 0 Å². The third-order valence-corrected chi connectivity index (χ3v) is 4.89. The van der Waals surface area contributed by atoms with Gasteiger partial charge in [0.15, 0.2) is 5.50 Å². The Morgan fingerprint density at radius 2 is 1.91 bits per heavy atom. The van der Waals surface area contributed by atoms with E-state index in [0.29, 0.717) is 0 Å². The summed E-state index contributed by atoms with van der Waals surface area (Å²) in [5.74, 6) is -0.0269. The highest BCUT2D eigenvalue weighted by Crippen LogP contribution is 2.30. The Bertz CT molecular complexity index is 737. The number of thioether (sulfide) groups is 1. The Morgan fingerprint density at radius 1 is 1.17 bits per heavy atom. The molecule has 2 aromatic rings. The average Bonchev–Trinajstić information content (AvgIpc) is 2.90. The van der Waals surface area contributed by atoms with E-state index >= 15 is 0 Å². The Balaban J connectivity index is 1.70. The SMILES string of the molecule is CCc1ccc(N[C@H]2NC(=O)/C(=C/c3ccccc3C)S2)cc1. The van der Waals surface area contributed by atoms with Gasteiger partial charge in [-0.2, -0.15) is 0 Å². The van der Waals surface area contributed by atoms with Crippen molar-refractivity contribution in [2.45, 2.75) is 25.8 Å². The van der Waals surface area contributed by atoms with Crippen LogP contribution in [-0.4, -0.2) is 11.4 Å². The van der Waals surface area contributed by atoms with E-state index in [4.69, 9.17) is 0 Å². The van der Waals surface area contributed by atoms with E-state index in [9.17, 15) is 4.79 Å².